The molecule has 0 unspecified atom stereocenters. The first kappa shape index (κ1) is 12.1. The number of rotatable bonds is 3. The Labute approximate surface area is 110 Å². The molecule has 2 N–H and O–H groups in total. The molecule has 1 aromatic carbocycles. The molecule has 6 heteroatoms. The Bertz CT molecular complexity index is 542. The number of benzene rings is 1. The zero-order valence-corrected chi connectivity index (χ0v) is 10.6. The Morgan fingerprint density at radius 2 is 2.16 bits per heavy atom. The number of aromatic nitrogens is 2. The largest absolute Gasteiger partial charge is 0.379 e. The maximum atomic E-state index is 11.9. The van der Waals surface area contributed by atoms with E-state index in [4.69, 9.17) is 4.74 Å². The lowest BCUT2D eigenvalue weighted by Crippen LogP contribution is -2.48. The van der Waals surface area contributed by atoms with E-state index in [9.17, 15) is 4.79 Å². The number of hydrazine groups is 1. The lowest BCUT2D eigenvalue weighted by Gasteiger charge is -2.26. The molecule has 0 saturated carbocycles. The Hall–Kier alpha value is -1.92. The first-order chi connectivity index (χ1) is 9.31. The first-order valence-electron chi connectivity index (χ1n) is 6.37. The van der Waals surface area contributed by atoms with Crippen LogP contribution in [-0.2, 0) is 16.0 Å². The van der Waals surface area contributed by atoms with Gasteiger partial charge in [-0.25, -0.2) is 9.99 Å². The summed E-state index contributed by atoms with van der Waals surface area (Å²) in [6.45, 7) is 2.77. The highest BCUT2D eigenvalue weighted by Gasteiger charge is 2.14. The summed E-state index contributed by atoms with van der Waals surface area (Å²) in [5.41, 5.74) is 4.71. The van der Waals surface area contributed by atoms with Gasteiger partial charge in [-0.05, 0) is 12.1 Å². The van der Waals surface area contributed by atoms with Crippen molar-refractivity contribution in [3.05, 3.63) is 30.1 Å². The van der Waals surface area contributed by atoms with Gasteiger partial charge in [-0.2, -0.15) is 0 Å². The van der Waals surface area contributed by atoms with Crippen molar-refractivity contribution < 1.29 is 9.53 Å². The minimum atomic E-state index is -0.0547. The quantitative estimate of drug-likeness (QED) is 0.841. The van der Waals surface area contributed by atoms with Crippen LogP contribution in [0.5, 0.6) is 0 Å². The van der Waals surface area contributed by atoms with Crippen molar-refractivity contribution in [2.75, 3.05) is 26.3 Å². The number of hydrogen-bond donors (Lipinski definition) is 2. The van der Waals surface area contributed by atoms with Gasteiger partial charge in [0, 0.05) is 13.1 Å². The van der Waals surface area contributed by atoms with E-state index in [1.807, 2.05) is 29.3 Å². The second-order valence-electron chi connectivity index (χ2n) is 4.51. The predicted octanol–water partition coefficient (Wildman–Crippen LogP) is 0.469. The average molecular weight is 260 g/mol. The van der Waals surface area contributed by atoms with Gasteiger partial charge in [0.15, 0.2) is 0 Å². The molecular formula is C13H16N4O2. The van der Waals surface area contributed by atoms with E-state index in [0.717, 1.165) is 24.1 Å². The molecule has 2 heterocycles. The van der Waals surface area contributed by atoms with Crippen LogP contribution in [0.1, 0.15) is 5.82 Å². The highest BCUT2D eigenvalue weighted by Crippen LogP contribution is 2.10. The molecule has 0 atom stereocenters. The Morgan fingerprint density at radius 1 is 1.37 bits per heavy atom. The molecule has 0 bridgehead atoms. The number of amides is 1. The number of para-hydroxylation sites is 2. The van der Waals surface area contributed by atoms with Gasteiger partial charge in [-0.1, -0.05) is 12.1 Å². The third-order valence-electron chi connectivity index (χ3n) is 3.06. The van der Waals surface area contributed by atoms with Crippen LogP contribution in [-0.4, -0.2) is 47.2 Å². The summed E-state index contributed by atoms with van der Waals surface area (Å²) in [6.07, 6.45) is 0.256. The molecule has 0 aliphatic carbocycles. The van der Waals surface area contributed by atoms with Crippen molar-refractivity contribution in [2.45, 2.75) is 6.42 Å². The zero-order valence-electron chi connectivity index (χ0n) is 10.6. The van der Waals surface area contributed by atoms with Crippen LogP contribution in [0.4, 0.5) is 0 Å². The number of fused-ring (bicyclic) bond motifs is 1. The fourth-order valence-corrected chi connectivity index (χ4v) is 2.13. The van der Waals surface area contributed by atoms with E-state index in [2.05, 4.69) is 15.4 Å². The number of carbonyl (C=O) groups is 1. The van der Waals surface area contributed by atoms with Crippen LogP contribution in [0.3, 0.4) is 0 Å². The number of nitrogens with one attached hydrogen (secondary N) is 2. The van der Waals surface area contributed by atoms with Crippen LogP contribution in [0.15, 0.2) is 24.3 Å². The third-order valence-corrected chi connectivity index (χ3v) is 3.06. The fraction of sp³-hybridized carbons (Fsp3) is 0.385. The van der Waals surface area contributed by atoms with Gasteiger partial charge in [-0.15, -0.1) is 0 Å². The molecule has 1 aliphatic rings. The molecule has 100 valence electrons. The van der Waals surface area contributed by atoms with Crippen molar-refractivity contribution in [2.24, 2.45) is 0 Å². The summed E-state index contributed by atoms with van der Waals surface area (Å²) in [4.78, 5) is 19.4. The number of imidazole rings is 1. The number of ether oxygens (including phenoxy) is 1. The van der Waals surface area contributed by atoms with E-state index in [-0.39, 0.29) is 12.3 Å². The number of morpholine rings is 1. The first-order valence-corrected chi connectivity index (χ1v) is 6.37. The minimum Gasteiger partial charge on any atom is -0.379 e. The smallest absolute Gasteiger partial charge is 0.241 e. The molecule has 19 heavy (non-hydrogen) atoms. The van der Waals surface area contributed by atoms with Gasteiger partial charge in [-0.3, -0.25) is 10.2 Å². The van der Waals surface area contributed by atoms with Gasteiger partial charge in [0.25, 0.3) is 0 Å². The van der Waals surface area contributed by atoms with Gasteiger partial charge in [0.05, 0.1) is 30.7 Å². The summed E-state index contributed by atoms with van der Waals surface area (Å²) in [5.74, 6) is 0.632. The molecule has 1 fully saturated rings. The number of carbonyl (C=O) groups excluding carboxylic acids is 1. The van der Waals surface area contributed by atoms with Crippen LogP contribution in [0, 0.1) is 0 Å². The molecule has 6 nitrogen and oxygen atoms in total. The second kappa shape index (κ2) is 5.38. The topological polar surface area (TPSA) is 70.2 Å². The highest BCUT2D eigenvalue weighted by atomic mass is 16.5. The molecule has 3 rings (SSSR count). The summed E-state index contributed by atoms with van der Waals surface area (Å²) >= 11 is 0. The molecule has 1 amide bonds. The average Bonchev–Trinajstić information content (AvgIpc) is 2.81. The predicted molar refractivity (Wildman–Crippen MR) is 70.3 cm³/mol. The standard InChI is InChI=1S/C13H16N4O2/c18-13(16-17-5-7-19-8-6-17)9-12-14-10-3-1-2-4-11(10)15-12/h1-4H,5-9H2,(H,14,15)(H,16,18). The molecular weight excluding hydrogens is 244 g/mol. The lowest BCUT2D eigenvalue weighted by atomic mass is 10.3. The van der Waals surface area contributed by atoms with Crippen LogP contribution >= 0.6 is 0 Å². The SMILES string of the molecule is O=C(Cc1nc2ccccc2[nH]1)NN1CCOCC1. The van der Waals surface area contributed by atoms with E-state index in [0.29, 0.717) is 19.0 Å². The summed E-state index contributed by atoms with van der Waals surface area (Å²) in [5, 5.41) is 1.88. The molecule has 1 saturated heterocycles. The van der Waals surface area contributed by atoms with E-state index >= 15 is 0 Å². The lowest BCUT2D eigenvalue weighted by molar-refractivity contribution is -0.127. The minimum absolute atomic E-state index is 0.0547. The van der Waals surface area contributed by atoms with Crippen molar-refractivity contribution in [3.63, 3.8) is 0 Å². The van der Waals surface area contributed by atoms with Crippen LogP contribution in [0.25, 0.3) is 11.0 Å². The summed E-state index contributed by atoms with van der Waals surface area (Å²) in [6, 6.07) is 7.75. The fourth-order valence-electron chi connectivity index (χ4n) is 2.13. The third kappa shape index (κ3) is 2.91. The summed E-state index contributed by atoms with van der Waals surface area (Å²) < 4.78 is 5.23. The molecule has 0 radical (unpaired) electrons. The van der Waals surface area contributed by atoms with Crippen molar-refractivity contribution in [1.29, 1.82) is 0 Å². The van der Waals surface area contributed by atoms with E-state index < -0.39 is 0 Å². The molecule has 1 aromatic heterocycles. The zero-order chi connectivity index (χ0) is 13.1. The normalized spacial score (nSPS) is 16.6. The van der Waals surface area contributed by atoms with Crippen LogP contribution in [0.2, 0.25) is 0 Å². The van der Waals surface area contributed by atoms with Crippen molar-refractivity contribution >= 4 is 16.9 Å². The Balaban J connectivity index is 1.62. The number of hydrogen-bond acceptors (Lipinski definition) is 4. The Kier molecular flexibility index (Phi) is 3.43. The van der Waals surface area contributed by atoms with Gasteiger partial charge in [0.1, 0.15) is 5.82 Å². The number of aromatic amines is 1. The Morgan fingerprint density at radius 3 is 2.95 bits per heavy atom. The number of H-pyrrole nitrogens is 1. The summed E-state index contributed by atoms with van der Waals surface area (Å²) in [7, 11) is 0. The van der Waals surface area contributed by atoms with Crippen molar-refractivity contribution in [1.82, 2.24) is 20.4 Å². The monoisotopic (exact) mass is 260 g/mol. The maximum Gasteiger partial charge on any atom is 0.241 e. The van der Waals surface area contributed by atoms with Gasteiger partial charge < -0.3 is 9.72 Å². The number of nitrogens with zero attached hydrogens (tertiary/aromatic N) is 2. The second-order valence-corrected chi connectivity index (χ2v) is 4.51. The molecule has 0 spiro atoms. The van der Waals surface area contributed by atoms with Crippen LogP contribution < -0.4 is 5.43 Å². The molecule has 1 aliphatic heterocycles. The van der Waals surface area contributed by atoms with E-state index in [1.54, 1.807) is 0 Å². The molecule has 2 aromatic rings. The van der Waals surface area contributed by atoms with E-state index in [1.165, 1.54) is 0 Å². The highest BCUT2D eigenvalue weighted by molar-refractivity contribution is 5.80. The van der Waals surface area contributed by atoms with Gasteiger partial charge in [0.2, 0.25) is 5.91 Å². The maximum absolute atomic E-state index is 11.9. The van der Waals surface area contributed by atoms with Crippen molar-refractivity contribution in [3.8, 4) is 0 Å². The van der Waals surface area contributed by atoms with Gasteiger partial charge >= 0.3 is 0 Å².